The molecule has 1 atom stereocenters. The predicted molar refractivity (Wildman–Crippen MR) is 62.2 cm³/mol. The highest BCUT2D eigenvalue weighted by Crippen LogP contribution is 2.19. The molecule has 1 unspecified atom stereocenters. The van der Waals surface area contributed by atoms with E-state index in [0.29, 0.717) is 6.04 Å². The Morgan fingerprint density at radius 1 is 1.50 bits per heavy atom. The molecule has 0 aliphatic carbocycles. The molecule has 0 bridgehead atoms. The third-order valence-electron chi connectivity index (χ3n) is 3.26. The highest BCUT2D eigenvalue weighted by atomic mass is 15.1. The van der Waals surface area contributed by atoms with Crippen molar-refractivity contribution in [1.29, 1.82) is 0 Å². The van der Waals surface area contributed by atoms with Gasteiger partial charge in [-0.3, -0.25) is 0 Å². The second kappa shape index (κ2) is 6.20. The summed E-state index contributed by atoms with van der Waals surface area (Å²) < 4.78 is 0. The summed E-state index contributed by atoms with van der Waals surface area (Å²) in [5.74, 6) is 0.755. The number of hydrogen-bond donors (Lipinski definition) is 1. The first-order chi connectivity index (χ1) is 6.74. The molecule has 1 aliphatic rings. The number of unbranched alkanes of at least 4 members (excludes halogenated alkanes) is 1. The van der Waals surface area contributed by atoms with Crippen LogP contribution in [0.25, 0.3) is 0 Å². The van der Waals surface area contributed by atoms with Gasteiger partial charge >= 0.3 is 0 Å². The molecule has 1 heterocycles. The summed E-state index contributed by atoms with van der Waals surface area (Å²) in [6.07, 6.45) is 6.98. The van der Waals surface area contributed by atoms with Gasteiger partial charge in [-0.25, -0.2) is 0 Å². The predicted octanol–water partition coefficient (Wildman–Crippen LogP) is 2.01. The van der Waals surface area contributed by atoms with Crippen LogP contribution in [0, 0.1) is 5.92 Å². The molecule has 0 spiro atoms. The lowest BCUT2D eigenvalue weighted by Crippen LogP contribution is -2.39. The zero-order valence-electron chi connectivity index (χ0n) is 9.41. The molecule has 0 radical (unpaired) electrons. The Bertz CT molecular complexity index is 158. The fourth-order valence-corrected chi connectivity index (χ4v) is 2.16. The maximum Gasteiger partial charge on any atom is 0.00397 e. The van der Waals surface area contributed by atoms with Crippen molar-refractivity contribution in [2.75, 3.05) is 19.6 Å². The fourth-order valence-electron chi connectivity index (χ4n) is 2.16. The second-order valence-corrected chi connectivity index (χ2v) is 4.47. The van der Waals surface area contributed by atoms with Crippen LogP contribution >= 0.6 is 0 Å². The molecule has 14 heavy (non-hydrogen) atoms. The van der Waals surface area contributed by atoms with Gasteiger partial charge in [-0.2, -0.15) is 0 Å². The average Bonchev–Trinajstić information content (AvgIpc) is 2.19. The van der Waals surface area contributed by atoms with E-state index in [4.69, 9.17) is 5.73 Å². The lowest BCUT2D eigenvalue weighted by Gasteiger charge is -2.33. The molecule has 0 aromatic heterocycles. The van der Waals surface area contributed by atoms with Crippen LogP contribution in [0.5, 0.6) is 0 Å². The van der Waals surface area contributed by atoms with E-state index in [1.807, 2.05) is 6.08 Å². The summed E-state index contributed by atoms with van der Waals surface area (Å²) in [6, 6.07) is 0.380. The van der Waals surface area contributed by atoms with E-state index in [-0.39, 0.29) is 0 Å². The van der Waals surface area contributed by atoms with Crippen LogP contribution in [-0.4, -0.2) is 30.6 Å². The number of hydrogen-bond acceptors (Lipinski definition) is 2. The second-order valence-electron chi connectivity index (χ2n) is 4.47. The summed E-state index contributed by atoms with van der Waals surface area (Å²) in [4.78, 5) is 2.56. The van der Waals surface area contributed by atoms with E-state index in [2.05, 4.69) is 18.4 Å². The minimum absolute atomic E-state index is 0.380. The molecule has 0 aromatic carbocycles. The average molecular weight is 196 g/mol. The summed E-state index contributed by atoms with van der Waals surface area (Å²) in [6.45, 7) is 9.59. The van der Waals surface area contributed by atoms with E-state index in [9.17, 15) is 0 Å². The van der Waals surface area contributed by atoms with Crippen molar-refractivity contribution in [3.8, 4) is 0 Å². The van der Waals surface area contributed by atoms with Crippen LogP contribution in [0.2, 0.25) is 0 Å². The van der Waals surface area contributed by atoms with Crippen molar-refractivity contribution >= 4 is 0 Å². The largest absolute Gasteiger partial charge is 0.328 e. The normalized spacial score (nSPS) is 22.1. The molecule has 82 valence electrons. The lowest BCUT2D eigenvalue weighted by atomic mass is 9.91. The van der Waals surface area contributed by atoms with Gasteiger partial charge in [-0.1, -0.05) is 6.08 Å². The third-order valence-corrected chi connectivity index (χ3v) is 3.26. The van der Waals surface area contributed by atoms with E-state index in [1.165, 1.54) is 38.9 Å². The molecule has 0 amide bonds. The van der Waals surface area contributed by atoms with E-state index >= 15 is 0 Å². The van der Waals surface area contributed by atoms with E-state index in [1.54, 1.807) is 0 Å². The zero-order valence-corrected chi connectivity index (χ0v) is 9.41. The van der Waals surface area contributed by atoms with Crippen LogP contribution in [0.1, 0.15) is 32.6 Å². The standard InChI is InChI=1S/C12H24N2/c1-3-4-5-8-14-9-6-12(7-10-14)11(2)13/h3,11-12H,1,4-10,13H2,2H3. The number of rotatable bonds is 5. The van der Waals surface area contributed by atoms with Gasteiger partial charge in [-0.15, -0.1) is 6.58 Å². The van der Waals surface area contributed by atoms with Gasteiger partial charge in [0.1, 0.15) is 0 Å². The van der Waals surface area contributed by atoms with Crippen molar-refractivity contribution in [1.82, 2.24) is 4.90 Å². The molecular weight excluding hydrogens is 172 g/mol. The minimum atomic E-state index is 0.380. The van der Waals surface area contributed by atoms with Crippen LogP contribution in [0.4, 0.5) is 0 Å². The Labute approximate surface area is 88.2 Å². The van der Waals surface area contributed by atoms with Crippen LogP contribution in [-0.2, 0) is 0 Å². The van der Waals surface area contributed by atoms with Crippen LogP contribution < -0.4 is 5.73 Å². The number of nitrogens with two attached hydrogens (primary N) is 1. The molecular formula is C12H24N2. The van der Waals surface area contributed by atoms with Crippen LogP contribution in [0.15, 0.2) is 12.7 Å². The SMILES string of the molecule is C=CCCCN1CCC(C(C)N)CC1. The molecule has 0 aromatic rings. The zero-order chi connectivity index (χ0) is 10.4. The smallest absolute Gasteiger partial charge is 0.00397 e. The maximum absolute atomic E-state index is 5.90. The van der Waals surface area contributed by atoms with Crippen molar-refractivity contribution in [3.05, 3.63) is 12.7 Å². The molecule has 1 aliphatic heterocycles. The quantitative estimate of drug-likeness (QED) is 0.538. The van der Waals surface area contributed by atoms with E-state index in [0.717, 1.165) is 12.3 Å². The monoisotopic (exact) mass is 196 g/mol. The van der Waals surface area contributed by atoms with Gasteiger partial charge < -0.3 is 10.6 Å². The van der Waals surface area contributed by atoms with Crippen molar-refractivity contribution < 1.29 is 0 Å². The summed E-state index contributed by atoms with van der Waals surface area (Å²) in [5, 5.41) is 0. The minimum Gasteiger partial charge on any atom is -0.328 e. The molecule has 2 heteroatoms. The van der Waals surface area contributed by atoms with Gasteiger partial charge in [-0.05, 0) is 58.2 Å². The van der Waals surface area contributed by atoms with E-state index < -0.39 is 0 Å². The molecule has 1 fully saturated rings. The van der Waals surface area contributed by atoms with Crippen molar-refractivity contribution in [2.24, 2.45) is 11.7 Å². The highest BCUT2D eigenvalue weighted by molar-refractivity contribution is 4.78. The molecule has 2 N–H and O–H groups in total. The maximum atomic E-state index is 5.90. The Kier molecular flexibility index (Phi) is 5.20. The third kappa shape index (κ3) is 3.81. The Morgan fingerprint density at radius 3 is 2.64 bits per heavy atom. The summed E-state index contributed by atoms with van der Waals surface area (Å²) in [5.41, 5.74) is 5.90. The number of nitrogens with zero attached hydrogens (tertiary/aromatic N) is 1. The first-order valence-corrected chi connectivity index (χ1v) is 5.83. The van der Waals surface area contributed by atoms with Gasteiger partial charge in [0, 0.05) is 6.04 Å². The van der Waals surface area contributed by atoms with Gasteiger partial charge in [0.2, 0.25) is 0 Å². The van der Waals surface area contributed by atoms with Crippen LogP contribution in [0.3, 0.4) is 0 Å². The number of allylic oxidation sites excluding steroid dienone is 1. The summed E-state index contributed by atoms with van der Waals surface area (Å²) in [7, 11) is 0. The number of likely N-dealkylation sites (tertiary alicyclic amines) is 1. The molecule has 2 nitrogen and oxygen atoms in total. The number of piperidine rings is 1. The first-order valence-electron chi connectivity index (χ1n) is 5.83. The van der Waals surface area contributed by atoms with Crippen molar-refractivity contribution in [2.45, 2.75) is 38.6 Å². The highest BCUT2D eigenvalue weighted by Gasteiger charge is 2.20. The molecule has 1 saturated heterocycles. The topological polar surface area (TPSA) is 29.3 Å². The van der Waals surface area contributed by atoms with Gasteiger partial charge in [0.25, 0.3) is 0 Å². The van der Waals surface area contributed by atoms with Gasteiger partial charge in [0.05, 0.1) is 0 Å². The Hall–Kier alpha value is -0.340. The molecule has 0 saturated carbocycles. The summed E-state index contributed by atoms with van der Waals surface area (Å²) >= 11 is 0. The van der Waals surface area contributed by atoms with Gasteiger partial charge in [0.15, 0.2) is 0 Å². The Balaban J connectivity index is 2.12. The Morgan fingerprint density at radius 2 is 2.14 bits per heavy atom. The molecule has 1 rings (SSSR count). The first kappa shape index (κ1) is 11.7. The van der Waals surface area contributed by atoms with Crippen molar-refractivity contribution in [3.63, 3.8) is 0 Å². The lowest BCUT2D eigenvalue weighted by molar-refractivity contribution is 0.171. The fraction of sp³-hybridized carbons (Fsp3) is 0.833.